The summed E-state index contributed by atoms with van der Waals surface area (Å²) in [6.07, 6.45) is 9.49. The van der Waals surface area contributed by atoms with Gasteiger partial charge in [0.25, 0.3) is 11.7 Å². The molecule has 532 valence electrons. The largest absolute Gasteiger partial charge is 0.460 e. The maximum Gasteiger partial charge on any atom is 0.329 e. The zero-order chi connectivity index (χ0) is 77.4. The van der Waals surface area contributed by atoms with Gasteiger partial charge < -0.3 is 43.9 Å². The van der Waals surface area contributed by atoms with Crippen LogP contribution in [0.3, 0.4) is 0 Å². The summed E-state index contributed by atoms with van der Waals surface area (Å²) in [5.74, 6) is 92.7. The lowest BCUT2D eigenvalue weighted by molar-refractivity contribution is -0.265. The van der Waals surface area contributed by atoms with E-state index in [9.17, 15) is 39.3 Å². The third-order valence-electron chi connectivity index (χ3n) is 17.3. The molecule has 1 aliphatic carbocycles. The third kappa shape index (κ3) is 30.8. The predicted octanol–water partition coefficient (Wildman–Crippen LogP) is 6.64. The van der Waals surface area contributed by atoms with Gasteiger partial charge in [0.05, 0.1) is 24.4 Å². The van der Waals surface area contributed by atoms with Crippen LogP contribution in [-0.4, -0.2) is 131 Å². The van der Waals surface area contributed by atoms with Crippen molar-refractivity contribution in [1.29, 1.82) is 0 Å². The van der Waals surface area contributed by atoms with E-state index < -0.39 is 101 Å². The van der Waals surface area contributed by atoms with E-state index in [1.165, 1.54) is 14.2 Å². The van der Waals surface area contributed by atoms with Gasteiger partial charge in [0.1, 0.15) is 18.2 Å². The van der Waals surface area contributed by atoms with E-state index in [1.54, 1.807) is 47.8 Å². The zero-order valence-corrected chi connectivity index (χ0v) is 61.5. The molecule has 2 saturated heterocycles. The van der Waals surface area contributed by atoms with Gasteiger partial charge in [-0.05, 0) is 209 Å². The highest BCUT2D eigenvalue weighted by Crippen LogP contribution is 2.40. The minimum Gasteiger partial charge on any atom is -0.460 e. The topological polar surface area (TPSA) is 195 Å². The van der Waals surface area contributed by atoms with Crippen LogP contribution in [0.15, 0.2) is 47.6 Å². The van der Waals surface area contributed by atoms with Crippen molar-refractivity contribution >= 4 is 29.2 Å². The van der Waals surface area contributed by atoms with E-state index in [0.29, 0.717) is 51.4 Å². The molecule has 1 saturated carbocycles. The first-order chi connectivity index (χ1) is 51.1. The normalized spacial score (nSPS) is 26.0. The first-order valence-electron chi connectivity index (χ1n) is 34.3. The molecule has 3 N–H and O–H groups in total. The van der Waals surface area contributed by atoms with Crippen molar-refractivity contribution in [2.24, 2.45) is 35.5 Å². The van der Waals surface area contributed by atoms with Crippen molar-refractivity contribution in [3.63, 3.8) is 0 Å². The number of Topliss-reactive ketones (excluding diaryl/α,β-unsaturated/α-hetero) is 3. The molecule has 106 heavy (non-hydrogen) atoms. The first-order valence-corrected chi connectivity index (χ1v) is 34.3. The summed E-state index contributed by atoms with van der Waals surface area (Å²) < 4.78 is 29.9. The van der Waals surface area contributed by atoms with Crippen LogP contribution in [0.4, 0.5) is 0 Å². The van der Waals surface area contributed by atoms with Gasteiger partial charge in [-0.15, -0.1) is 0 Å². The number of ketones is 3. The molecule has 0 aromatic carbocycles. The minimum absolute atomic E-state index is 0.0210. The summed E-state index contributed by atoms with van der Waals surface area (Å²) in [6, 6.07) is -1.23. The van der Waals surface area contributed by atoms with Gasteiger partial charge >= 0.3 is 5.97 Å². The SMILES string of the molecule is CC#CC#CC#CC#CC#CC#CC#CC#CC#CC#CC#CC#CC#CC#CC#CC#CC#CC#CC#CC#CC1(O)CC[C@@H](C[C@@H](C)[C@@H]2CC(=O)/C(C)=C/C(C)[C@@H](O)[C@@H](OC)C(=O)[C@H](C)C[C@H](C)C=CC=CC=C(C)[C@@H](OC)C[C@@H]3CC[C@@H](C)[C@@](O)(O3)C(=O)C(=O)N3CCCC[C@H]3C(=O)O2)C[C@H]1OC. The van der Waals surface area contributed by atoms with Crippen LogP contribution in [0.5, 0.6) is 0 Å². The van der Waals surface area contributed by atoms with Gasteiger partial charge in [-0.1, -0.05) is 82.9 Å². The van der Waals surface area contributed by atoms with Gasteiger partial charge in [-0.3, -0.25) is 19.2 Å². The molecule has 0 radical (unpaired) electrons. The molecule has 2 bridgehead atoms. The van der Waals surface area contributed by atoms with E-state index in [-0.39, 0.29) is 55.4 Å². The number of piperidine rings is 1. The van der Waals surface area contributed by atoms with E-state index >= 15 is 0 Å². The summed E-state index contributed by atoms with van der Waals surface area (Å²) in [6.45, 7) is 14.2. The second kappa shape index (κ2) is 48.7. The monoisotopic (exact) mass is 1410 g/mol. The Morgan fingerprint density at radius 1 is 0.585 bits per heavy atom. The minimum atomic E-state index is -2.49. The highest BCUT2D eigenvalue weighted by molar-refractivity contribution is 6.39. The number of allylic oxidation sites excluding steroid dienone is 6. The van der Waals surface area contributed by atoms with E-state index in [4.69, 9.17) is 23.7 Å². The number of methoxy groups -OCH3 is 3. The number of amides is 1. The van der Waals surface area contributed by atoms with Crippen molar-refractivity contribution < 1.29 is 63.0 Å². The summed E-state index contributed by atoms with van der Waals surface area (Å²) >= 11 is 0. The molecule has 3 heterocycles. The van der Waals surface area contributed by atoms with Crippen molar-refractivity contribution in [1.82, 2.24) is 4.90 Å². The number of esters is 1. The fraction of sp³-hybridized carbons (Fsp3) is 0.424. The number of carbonyl (C=O) groups excluding carboxylic acids is 5. The Morgan fingerprint density at radius 3 is 1.55 bits per heavy atom. The number of hydrogen-bond donors (Lipinski definition) is 3. The highest BCUT2D eigenvalue weighted by Gasteiger charge is 2.53. The number of ether oxygens (including phenoxy) is 5. The standard InChI is InChI=1S/C92H81NO13/c1-12-13-14-15-16-17-18-19-20-21-22-23-24-25-26-27-28-29-30-31-32-33-34-35-36-37-38-39-40-41-42-43-44-45-46-47-48-49-54-62-91(100)63-61-78(68-84(91)103-10)67-74(5)83-70-81(94)73(4)66-76(7)86(96)87(104-11)85(95)75(6)65-71(2)56-51-50-52-57-72(3)82(102-9)69-79-60-59-77(8)92(101,106-79)88(97)89(98)93-64-55-53-58-80(93)90(99)105-83/h50-52,56-57,66,71,74-80,82-84,86-87,96,100-101H,53,55,58-61,63-65,67-70H2,1-11H3/b52-50?,56-51?,72-57?,73-66+/t71-,74-,75-,76?,77-,78+,79+,80+,82+,83+,84-,86-,87+,91?,92-/m1/s1. The van der Waals surface area contributed by atoms with Crippen LogP contribution in [0.2, 0.25) is 0 Å². The van der Waals surface area contributed by atoms with Gasteiger partial charge in [0, 0.05) is 189 Å². The van der Waals surface area contributed by atoms with Crippen LogP contribution in [0.1, 0.15) is 132 Å². The number of cyclic esters (lactones) is 1. The Labute approximate surface area is 628 Å². The molecular formula is C92H81NO13. The maximum atomic E-state index is 14.7. The van der Waals surface area contributed by atoms with Gasteiger partial charge in [-0.25, -0.2) is 4.79 Å². The second-order valence-corrected chi connectivity index (χ2v) is 25.0. The Kier molecular flexibility index (Phi) is 39.6. The van der Waals surface area contributed by atoms with Crippen LogP contribution >= 0.6 is 0 Å². The molecule has 1 amide bonds. The van der Waals surface area contributed by atoms with Crippen molar-refractivity contribution in [2.45, 2.75) is 186 Å². The smallest absolute Gasteiger partial charge is 0.329 e. The molecule has 0 aromatic rings. The summed E-state index contributed by atoms with van der Waals surface area (Å²) in [5, 5.41) is 35.5. The van der Waals surface area contributed by atoms with Gasteiger partial charge in [0.2, 0.25) is 5.79 Å². The van der Waals surface area contributed by atoms with Crippen molar-refractivity contribution in [3.8, 4) is 237 Å². The molecule has 0 aromatic heterocycles. The van der Waals surface area contributed by atoms with Crippen LogP contribution in [0.25, 0.3) is 0 Å². The van der Waals surface area contributed by atoms with E-state index in [1.807, 2.05) is 51.2 Å². The molecule has 14 nitrogen and oxygen atoms in total. The summed E-state index contributed by atoms with van der Waals surface area (Å²) in [5.41, 5.74) is -0.479. The average molecular weight is 1410 g/mol. The molecule has 2 unspecified atom stereocenters. The number of fused-ring (bicyclic) bond motifs is 3. The van der Waals surface area contributed by atoms with Crippen LogP contribution in [-0.2, 0) is 47.7 Å². The van der Waals surface area contributed by atoms with Crippen molar-refractivity contribution in [2.75, 3.05) is 27.9 Å². The third-order valence-corrected chi connectivity index (χ3v) is 17.3. The summed E-state index contributed by atoms with van der Waals surface area (Å²) in [4.78, 5) is 73.1. The molecule has 0 spiro atoms. The van der Waals surface area contributed by atoms with Gasteiger partial charge in [0.15, 0.2) is 17.2 Å². The Morgan fingerprint density at radius 2 is 1.08 bits per heavy atom. The lowest BCUT2D eigenvalue weighted by Crippen LogP contribution is -2.61. The second-order valence-electron chi connectivity index (χ2n) is 25.0. The lowest BCUT2D eigenvalue weighted by Gasteiger charge is -2.43. The number of rotatable bonds is 6. The Bertz CT molecular complexity index is 4830. The van der Waals surface area contributed by atoms with Gasteiger partial charge in [-0.2, -0.15) is 0 Å². The Balaban J connectivity index is 1.43. The molecular weight excluding hydrogens is 1330 g/mol. The molecule has 3 aliphatic heterocycles. The van der Waals surface area contributed by atoms with E-state index in [2.05, 4.69) is 237 Å². The maximum absolute atomic E-state index is 14.7. The molecule has 3 fully saturated rings. The number of aliphatic hydroxyl groups is 3. The number of hydrogen-bond acceptors (Lipinski definition) is 13. The average Bonchev–Trinajstić information content (AvgIpc) is 0.774. The van der Waals surface area contributed by atoms with Crippen LogP contribution in [0, 0.1) is 272 Å². The highest BCUT2D eigenvalue weighted by atomic mass is 16.6. The first kappa shape index (κ1) is 86.2. The number of aliphatic hydroxyl groups excluding tert-OH is 1. The molecule has 4 aliphatic rings. The number of nitrogens with zero attached hydrogens (tertiary/aromatic N) is 1. The molecule has 15 atom stereocenters. The molecule has 14 heteroatoms. The quantitative estimate of drug-likeness (QED) is 0.146. The summed E-state index contributed by atoms with van der Waals surface area (Å²) in [7, 11) is 4.39. The van der Waals surface area contributed by atoms with Crippen molar-refractivity contribution in [3.05, 3.63) is 47.6 Å². The fourth-order valence-corrected chi connectivity index (χ4v) is 11.6. The van der Waals surface area contributed by atoms with E-state index in [0.717, 1.165) is 10.5 Å². The fourth-order valence-electron chi connectivity index (χ4n) is 11.6. The number of carbonyl (C=O) groups is 5. The Hall–Kier alpha value is -12.2. The predicted molar refractivity (Wildman–Crippen MR) is 405 cm³/mol. The van der Waals surface area contributed by atoms with Crippen LogP contribution < -0.4 is 0 Å². The zero-order valence-electron chi connectivity index (χ0n) is 61.5. The lowest BCUT2D eigenvalue weighted by atomic mass is 9.73. The molecule has 4 rings (SSSR count).